The van der Waals surface area contributed by atoms with Crippen molar-refractivity contribution >= 4 is 27.3 Å². The van der Waals surface area contributed by atoms with E-state index in [9.17, 15) is 0 Å². The zero-order valence-electron chi connectivity index (χ0n) is 10.4. The number of thiophene rings is 1. The fraction of sp³-hybridized carbons (Fsp3) is 0.667. The molecule has 2 nitrogen and oxygen atoms in total. The average Bonchev–Trinajstić information content (AvgIpc) is 2.67. The van der Waals surface area contributed by atoms with Crippen LogP contribution in [0.2, 0.25) is 0 Å². The lowest BCUT2D eigenvalue weighted by Crippen LogP contribution is -2.40. The van der Waals surface area contributed by atoms with E-state index in [1.807, 2.05) is 0 Å². The van der Waals surface area contributed by atoms with Crippen LogP contribution in [0.1, 0.15) is 38.5 Å². The molecule has 0 aliphatic heterocycles. The zero-order valence-corrected chi connectivity index (χ0v) is 12.8. The summed E-state index contributed by atoms with van der Waals surface area (Å²) in [7, 11) is 1.70. The number of ether oxygens (including phenoxy) is 1. The molecule has 0 unspecified atom stereocenters. The van der Waals surface area contributed by atoms with Crippen LogP contribution in [0.3, 0.4) is 0 Å². The van der Waals surface area contributed by atoms with Crippen molar-refractivity contribution in [1.29, 1.82) is 0 Å². The van der Waals surface area contributed by atoms with Crippen molar-refractivity contribution in [3.8, 4) is 5.06 Å². The Bertz CT molecular complexity index is 334. The second kappa shape index (κ2) is 6.03. The van der Waals surface area contributed by atoms with Crippen molar-refractivity contribution in [1.82, 2.24) is 5.32 Å². The van der Waals surface area contributed by atoms with Gasteiger partial charge in [0.15, 0.2) is 5.06 Å². The lowest BCUT2D eigenvalue weighted by atomic mass is 9.96. The molecule has 1 aromatic heterocycles. The van der Waals surface area contributed by atoms with E-state index in [2.05, 4.69) is 48.1 Å². The first kappa shape index (κ1) is 14.0. The fourth-order valence-electron chi connectivity index (χ4n) is 1.42. The first-order valence-electron chi connectivity index (χ1n) is 5.62. The van der Waals surface area contributed by atoms with Crippen LogP contribution in [0.4, 0.5) is 0 Å². The Labute approximate surface area is 111 Å². The highest BCUT2D eigenvalue weighted by Gasteiger charge is 2.19. The third-order valence-corrected chi connectivity index (χ3v) is 5.09. The second-order valence-corrected chi connectivity index (χ2v) is 6.13. The summed E-state index contributed by atoms with van der Waals surface area (Å²) < 4.78 is 6.30. The summed E-state index contributed by atoms with van der Waals surface area (Å²) in [6.07, 6.45) is 2.29. The summed E-state index contributed by atoms with van der Waals surface area (Å²) in [5.41, 5.74) is 0.240. The van der Waals surface area contributed by atoms with Gasteiger partial charge in [-0.25, -0.2) is 0 Å². The van der Waals surface area contributed by atoms with E-state index >= 15 is 0 Å². The predicted molar refractivity (Wildman–Crippen MR) is 74.4 cm³/mol. The minimum absolute atomic E-state index is 0.240. The molecule has 0 amide bonds. The van der Waals surface area contributed by atoms with Gasteiger partial charge in [0.2, 0.25) is 0 Å². The highest BCUT2D eigenvalue weighted by molar-refractivity contribution is 9.10. The molecule has 0 spiro atoms. The predicted octanol–water partition coefficient (Wildman–Crippen LogP) is 4.19. The van der Waals surface area contributed by atoms with Crippen LogP contribution in [0.5, 0.6) is 5.06 Å². The molecule has 1 aromatic rings. The Kier molecular flexibility index (Phi) is 5.28. The lowest BCUT2D eigenvalue weighted by molar-refractivity contribution is 0.330. The molecular formula is C12H20BrNOS. The number of hydrogen-bond donors (Lipinski definition) is 1. The maximum atomic E-state index is 5.25. The van der Waals surface area contributed by atoms with Crippen LogP contribution in [-0.4, -0.2) is 12.6 Å². The Morgan fingerprint density at radius 2 is 2.06 bits per heavy atom. The van der Waals surface area contributed by atoms with Gasteiger partial charge in [-0.1, -0.05) is 13.8 Å². The fourth-order valence-corrected chi connectivity index (χ4v) is 3.06. The molecule has 1 rings (SSSR count). The van der Waals surface area contributed by atoms with Gasteiger partial charge in [0, 0.05) is 17.0 Å². The molecule has 0 aliphatic rings. The first-order valence-corrected chi connectivity index (χ1v) is 7.22. The Morgan fingerprint density at radius 3 is 2.50 bits per heavy atom. The maximum Gasteiger partial charge on any atom is 0.188 e. The Morgan fingerprint density at radius 1 is 1.44 bits per heavy atom. The quantitative estimate of drug-likeness (QED) is 0.851. The third kappa shape index (κ3) is 3.47. The first-order chi connectivity index (χ1) is 7.54. The minimum Gasteiger partial charge on any atom is -0.486 e. The van der Waals surface area contributed by atoms with E-state index in [4.69, 9.17) is 4.74 Å². The third-order valence-electron chi connectivity index (χ3n) is 3.14. The van der Waals surface area contributed by atoms with Gasteiger partial charge in [0.25, 0.3) is 0 Å². The van der Waals surface area contributed by atoms with Gasteiger partial charge in [0.1, 0.15) is 0 Å². The van der Waals surface area contributed by atoms with Crippen molar-refractivity contribution in [2.75, 3.05) is 7.11 Å². The van der Waals surface area contributed by atoms with E-state index in [1.165, 1.54) is 4.88 Å². The molecule has 92 valence electrons. The molecule has 16 heavy (non-hydrogen) atoms. The van der Waals surface area contributed by atoms with Crippen molar-refractivity contribution in [3.63, 3.8) is 0 Å². The van der Waals surface area contributed by atoms with Crippen LogP contribution in [0, 0.1) is 0 Å². The molecule has 1 N–H and O–H groups in total. The number of halogens is 1. The number of nitrogens with one attached hydrogen (secondary N) is 1. The molecule has 0 bridgehead atoms. The summed E-state index contributed by atoms with van der Waals surface area (Å²) in [6, 6.07) is 2.13. The molecule has 0 saturated heterocycles. The normalized spacial score (nSPS) is 11.8. The maximum absolute atomic E-state index is 5.25. The van der Waals surface area contributed by atoms with Gasteiger partial charge in [-0.2, -0.15) is 0 Å². The van der Waals surface area contributed by atoms with E-state index in [-0.39, 0.29) is 5.54 Å². The molecule has 0 saturated carbocycles. The van der Waals surface area contributed by atoms with Crippen molar-refractivity contribution < 1.29 is 4.74 Å². The van der Waals surface area contributed by atoms with E-state index in [0.717, 1.165) is 28.9 Å². The molecule has 4 heteroatoms. The van der Waals surface area contributed by atoms with Crippen LogP contribution < -0.4 is 10.1 Å². The van der Waals surface area contributed by atoms with Gasteiger partial charge in [0.05, 0.1) is 11.6 Å². The summed E-state index contributed by atoms with van der Waals surface area (Å²) in [4.78, 5) is 1.30. The van der Waals surface area contributed by atoms with Crippen molar-refractivity contribution in [2.24, 2.45) is 0 Å². The van der Waals surface area contributed by atoms with Crippen molar-refractivity contribution in [2.45, 2.75) is 45.7 Å². The van der Waals surface area contributed by atoms with Crippen LogP contribution >= 0.6 is 27.3 Å². The standard InChI is InChI=1S/C12H20BrNOS/c1-5-12(3,6-2)14-8-9-7-10(13)11(15-4)16-9/h7,14H,5-6,8H2,1-4H3. The molecule has 0 aliphatic carbocycles. The van der Waals surface area contributed by atoms with E-state index in [1.54, 1.807) is 18.4 Å². The summed E-state index contributed by atoms with van der Waals surface area (Å²) in [6.45, 7) is 7.63. The summed E-state index contributed by atoms with van der Waals surface area (Å²) in [5, 5.41) is 4.56. The highest BCUT2D eigenvalue weighted by Crippen LogP contribution is 2.34. The van der Waals surface area contributed by atoms with Crippen LogP contribution in [0.15, 0.2) is 10.5 Å². The van der Waals surface area contributed by atoms with Gasteiger partial charge in [-0.3, -0.25) is 0 Å². The van der Waals surface area contributed by atoms with Crippen LogP contribution in [-0.2, 0) is 6.54 Å². The number of hydrogen-bond acceptors (Lipinski definition) is 3. The van der Waals surface area contributed by atoms with Gasteiger partial charge < -0.3 is 10.1 Å². The molecular weight excluding hydrogens is 286 g/mol. The molecule has 0 atom stereocenters. The lowest BCUT2D eigenvalue weighted by Gasteiger charge is -2.28. The van der Waals surface area contributed by atoms with Crippen molar-refractivity contribution in [3.05, 3.63) is 15.4 Å². The number of rotatable bonds is 6. The average molecular weight is 306 g/mol. The van der Waals surface area contributed by atoms with Gasteiger partial charge in [-0.05, 0) is 41.8 Å². The van der Waals surface area contributed by atoms with E-state index in [0.29, 0.717) is 0 Å². The SMILES string of the molecule is CCC(C)(CC)NCc1cc(Br)c(OC)s1. The largest absolute Gasteiger partial charge is 0.486 e. The van der Waals surface area contributed by atoms with E-state index < -0.39 is 0 Å². The molecule has 0 aromatic carbocycles. The summed E-state index contributed by atoms with van der Waals surface area (Å²) >= 11 is 5.18. The zero-order chi connectivity index (χ0) is 12.2. The Hall–Kier alpha value is -0.0600. The molecule has 0 fully saturated rings. The smallest absolute Gasteiger partial charge is 0.188 e. The van der Waals surface area contributed by atoms with Crippen LogP contribution in [0.25, 0.3) is 0 Å². The Balaban J connectivity index is 2.60. The molecule has 1 heterocycles. The molecule has 0 radical (unpaired) electrons. The highest BCUT2D eigenvalue weighted by atomic mass is 79.9. The van der Waals surface area contributed by atoms with Gasteiger partial charge in [-0.15, -0.1) is 11.3 Å². The number of methoxy groups -OCH3 is 1. The topological polar surface area (TPSA) is 21.3 Å². The van der Waals surface area contributed by atoms with Gasteiger partial charge >= 0.3 is 0 Å². The second-order valence-electron chi connectivity index (χ2n) is 4.17. The minimum atomic E-state index is 0.240. The summed E-state index contributed by atoms with van der Waals surface area (Å²) in [5.74, 6) is 0. The monoisotopic (exact) mass is 305 g/mol.